The van der Waals surface area contributed by atoms with Gasteiger partial charge in [0, 0.05) is 5.69 Å². The third kappa shape index (κ3) is 1.52. The Morgan fingerprint density at radius 1 is 1.64 bits per heavy atom. The minimum absolute atomic E-state index is 0.283. The molecule has 1 N–H and O–H groups in total. The Bertz CT molecular complexity index is 366. The molecule has 0 aromatic carbocycles. The van der Waals surface area contributed by atoms with Crippen molar-refractivity contribution in [1.82, 2.24) is 9.78 Å². The van der Waals surface area contributed by atoms with Gasteiger partial charge in [-0.05, 0) is 38.7 Å². The predicted molar refractivity (Wildman–Crippen MR) is 51.1 cm³/mol. The third-order valence-corrected chi connectivity index (χ3v) is 2.63. The summed E-state index contributed by atoms with van der Waals surface area (Å²) in [7, 11) is 0. The van der Waals surface area contributed by atoms with Crippen molar-refractivity contribution >= 4 is 5.97 Å². The average Bonchev–Trinajstić information content (AvgIpc) is 2.81. The molecule has 4 nitrogen and oxygen atoms in total. The van der Waals surface area contributed by atoms with E-state index in [-0.39, 0.29) is 5.92 Å². The monoisotopic (exact) mass is 194 g/mol. The van der Waals surface area contributed by atoms with Gasteiger partial charge in [0.15, 0.2) is 6.04 Å². The number of aryl methyl sites for hydroxylation is 2. The van der Waals surface area contributed by atoms with Gasteiger partial charge in [0.2, 0.25) is 0 Å². The second-order valence-electron chi connectivity index (χ2n) is 3.99. The highest BCUT2D eigenvalue weighted by Gasteiger charge is 2.38. The highest BCUT2D eigenvalue weighted by molar-refractivity contribution is 5.72. The van der Waals surface area contributed by atoms with Crippen LogP contribution < -0.4 is 0 Å². The van der Waals surface area contributed by atoms with Gasteiger partial charge < -0.3 is 5.11 Å². The van der Waals surface area contributed by atoms with Gasteiger partial charge in [-0.1, -0.05) is 0 Å². The lowest BCUT2D eigenvalue weighted by Crippen LogP contribution is -2.23. The first-order valence-corrected chi connectivity index (χ1v) is 4.85. The van der Waals surface area contributed by atoms with E-state index in [0.717, 1.165) is 24.2 Å². The molecule has 0 aliphatic heterocycles. The van der Waals surface area contributed by atoms with Gasteiger partial charge in [0.05, 0.1) is 5.69 Å². The predicted octanol–water partition coefficient (Wildman–Crippen LogP) is 1.54. The van der Waals surface area contributed by atoms with Gasteiger partial charge >= 0.3 is 5.97 Å². The Labute approximate surface area is 82.5 Å². The fourth-order valence-corrected chi connectivity index (χ4v) is 1.85. The molecule has 1 aliphatic carbocycles. The number of carbonyl (C=O) groups is 1. The van der Waals surface area contributed by atoms with Crippen LogP contribution >= 0.6 is 0 Å². The van der Waals surface area contributed by atoms with Crippen molar-refractivity contribution < 1.29 is 9.90 Å². The fraction of sp³-hybridized carbons (Fsp3) is 0.600. The third-order valence-electron chi connectivity index (χ3n) is 2.63. The first-order chi connectivity index (χ1) is 6.59. The molecule has 1 aromatic heterocycles. The molecule has 1 saturated carbocycles. The maximum atomic E-state index is 11.1. The second-order valence-corrected chi connectivity index (χ2v) is 3.99. The van der Waals surface area contributed by atoms with Gasteiger partial charge in [-0.2, -0.15) is 5.10 Å². The lowest BCUT2D eigenvalue weighted by atomic mass is 10.2. The van der Waals surface area contributed by atoms with Crippen molar-refractivity contribution in [3.8, 4) is 0 Å². The largest absolute Gasteiger partial charge is 0.480 e. The van der Waals surface area contributed by atoms with E-state index >= 15 is 0 Å². The number of aliphatic carboxylic acids is 1. The van der Waals surface area contributed by atoms with E-state index in [4.69, 9.17) is 5.11 Å². The first kappa shape index (κ1) is 9.24. The van der Waals surface area contributed by atoms with Crippen LogP contribution in [0.3, 0.4) is 0 Å². The van der Waals surface area contributed by atoms with E-state index in [0.29, 0.717) is 0 Å². The summed E-state index contributed by atoms with van der Waals surface area (Å²) in [5.41, 5.74) is 1.82. The lowest BCUT2D eigenvalue weighted by Gasteiger charge is -2.13. The summed E-state index contributed by atoms with van der Waals surface area (Å²) in [5, 5.41) is 13.3. The zero-order chi connectivity index (χ0) is 10.3. The topological polar surface area (TPSA) is 55.1 Å². The minimum Gasteiger partial charge on any atom is -0.480 e. The number of carboxylic acids is 1. The Hall–Kier alpha value is -1.32. The Kier molecular flexibility index (Phi) is 2.06. The van der Waals surface area contributed by atoms with E-state index in [2.05, 4.69) is 5.10 Å². The van der Waals surface area contributed by atoms with Crippen LogP contribution in [0.1, 0.15) is 30.3 Å². The van der Waals surface area contributed by atoms with E-state index in [1.54, 1.807) is 4.68 Å². The number of rotatable bonds is 3. The van der Waals surface area contributed by atoms with Crippen molar-refractivity contribution in [2.45, 2.75) is 32.7 Å². The summed E-state index contributed by atoms with van der Waals surface area (Å²) >= 11 is 0. The van der Waals surface area contributed by atoms with E-state index in [1.165, 1.54) is 0 Å². The number of hydrogen-bond donors (Lipinski definition) is 1. The van der Waals surface area contributed by atoms with Crippen molar-refractivity contribution in [1.29, 1.82) is 0 Å². The molecule has 0 amide bonds. The maximum absolute atomic E-state index is 11.1. The van der Waals surface area contributed by atoms with Gasteiger partial charge in [0.1, 0.15) is 0 Å². The van der Waals surface area contributed by atoms with Crippen LogP contribution in [0.15, 0.2) is 6.07 Å². The molecule has 0 saturated heterocycles. The standard InChI is InChI=1S/C10H14N2O2/c1-6-5-7(2)12(11-6)9(10(13)14)8-3-4-8/h5,8-9H,3-4H2,1-2H3,(H,13,14). The molecule has 1 heterocycles. The molecule has 76 valence electrons. The van der Waals surface area contributed by atoms with Gasteiger partial charge in [-0.15, -0.1) is 0 Å². The Balaban J connectivity index is 2.34. The molecule has 1 unspecified atom stereocenters. The van der Waals surface area contributed by atoms with E-state index in [9.17, 15) is 4.79 Å². The van der Waals surface area contributed by atoms with Crippen LogP contribution in [-0.4, -0.2) is 20.9 Å². The fourth-order valence-electron chi connectivity index (χ4n) is 1.85. The van der Waals surface area contributed by atoms with Crippen LogP contribution in [0.4, 0.5) is 0 Å². The number of nitrogens with zero attached hydrogens (tertiary/aromatic N) is 2. The van der Waals surface area contributed by atoms with Crippen molar-refractivity contribution in [3.63, 3.8) is 0 Å². The SMILES string of the molecule is Cc1cc(C)n(C(C(=O)O)C2CC2)n1. The van der Waals surface area contributed by atoms with Crippen molar-refractivity contribution in [2.24, 2.45) is 5.92 Å². The summed E-state index contributed by atoms with van der Waals surface area (Å²) in [6.45, 7) is 3.79. The maximum Gasteiger partial charge on any atom is 0.328 e. The zero-order valence-electron chi connectivity index (χ0n) is 8.40. The number of carboxylic acid groups (broad SMARTS) is 1. The van der Waals surface area contributed by atoms with Gasteiger partial charge in [-0.3, -0.25) is 4.68 Å². The highest BCUT2D eigenvalue weighted by Crippen LogP contribution is 2.40. The Morgan fingerprint density at radius 3 is 2.64 bits per heavy atom. The number of hydrogen-bond acceptors (Lipinski definition) is 2. The van der Waals surface area contributed by atoms with E-state index in [1.807, 2.05) is 19.9 Å². The summed E-state index contributed by atoms with van der Waals surface area (Å²) in [6.07, 6.45) is 2.02. The lowest BCUT2D eigenvalue weighted by molar-refractivity contribution is -0.142. The molecule has 2 rings (SSSR count). The molecular weight excluding hydrogens is 180 g/mol. The molecule has 1 fully saturated rings. The molecule has 4 heteroatoms. The van der Waals surface area contributed by atoms with Crippen LogP contribution in [0, 0.1) is 19.8 Å². The molecule has 0 radical (unpaired) electrons. The zero-order valence-corrected chi connectivity index (χ0v) is 8.40. The van der Waals surface area contributed by atoms with Gasteiger partial charge in [-0.25, -0.2) is 4.79 Å². The second kappa shape index (κ2) is 3.12. The normalized spacial score (nSPS) is 18.1. The van der Waals surface area contributed by atoms with Crippen LogP contribution in [0.5, 0.6) is 0 Å². The molecule has 1 aliphatic rings. The highest BCUT2D eigenvalue weighted by atomic mass is 16.4. The molecule has 1 atom stereocenters. The molecule has 0 bridgehead atoms. The minimum atomic E-state index is -0.765. The first-order valence-electron chi connectivity index (χ1n) is 4.85. The van der Waals surface area contributed by atoms with Crippen LogP contribution in [-0.2, 0) is 4.79 Å². The summed E-state index contributed by atoms with van der Waals surface area (Å²) < 4.78 is 1.65. The molecule has 14 heavy (non-hydrogen) atoms. The molecular formula is C10H14N2O2. The van der Waals surface area contributed by atoms with E-state index < -0.39 is 12.0 Å². The quantitative estimate of drug-likeness (QED) is 0.794. The molecule has 0 spiro atoms. The smallest absolute Gasteiger partial charge is 0.328 e. The van der Waals surface area contributed by atoms with Crippen LogP contribution in [0.2, 0.25) is 0 Å². The summed E-state index contributed by atoms with van der Waals surface area (Å²) in [6, 6.07) is 1.46. The summed E-state index contributed by atoms with van der Waals surface area (Å²) in [5.74, 6) is -0.482. The molecule has 1 aromatic rings. The van der Waals surface area contributed by atoms with Gasteiger partial charge in [0.25, 0.3) is 0 Å². The van der Waals surface area contributed by atoms with Crippen molar-refractivity contribution in [3.05, 3.63) is 17.5 Å². The average molecular weight is 194 g/mol. The summed E-state index contributed by atoms with van der Waals surface area (Å²) in [4.78, 5) is 11.1. The Morgan fingerprint density at radius 2 is 2.29 bits per heavy atom. The van der Waals surface area contributed by atoms with Crippen molar-refractivity contribution in [2.75, 3.05) is 0 Å². The van der Waals surface area contributed by atoms with Crippen LogP contribution in [0.25, 0.3) is 0 Å². The number of aromatic nitrogens is 2.